The van der Waals surface area contributed by atoms with Crippen LogP contribution in [0.25, 0.3) is 0 Å². The van der Waals surface area contributed by atoms with Gasteiger partial charge in [0.25, 0.3) is 0 Å². The Bertz CT molecular complexity index is 209. The molecule has 3 nitrogen and oxygen atoms in total. The monoisotopic (exact) mass is 183 g/mol. The molecule has 0 radical (unpaired) electrons. The molecular formula is C10H17NO2. The number of hydrogen-bond acceptors (Lipinski definition) is 3. The molecule has 0 amide bonds. The van der Waals surface area contributed by atoms with Gasteiger partial charge in [-0.25, -0.2) is 0 Å². The van der Waals surface area contributed by atoms with Crippen molar-refractivity contribution in [2.45, 2.75) is 25.8 Å². The van der Waals surface area contributed by atoms with E-state index in [2.05, 4.69) is 0 Å². The van der Waals surface area contributed by atoms with Gasteiger partial charge in [-0.15, -0.1) is 0 Å². The molecule has 1 heterocycles. The number of nitrogens with two attached hydrogens (primary N) is 1. The first-order valence-corrected chi connectivity index (χ1v) is 4.70. The first-order valence-electron chi connectivity index (χ1n) is 4.70. The Labute approximate surface area is 78.9 Å². The Morgan fingerprint density at radius 3 is 3.08 bits per heavy atom. The van der Waals surface area contributed by atoms with Crippen molar-refractivity contribution in [2.24, 2.45) is 5.73 Å². The molecule has 0 aliphatic rings. The van der Waals surface area contributed by atoms with Crippen LogP contribution in [0.2, 0.25) is 0 Å². The maximum atomic E-state index is 5.91. The second-order valence-electron chi connectivity index (χ2n) is 3.00. The van der Waals surface area contributed by atoms with Gasteiger partial charge in [0.1, 0.15) is 0 Å². The van der Waals surface area contributed by atoms with Crippen molar-refractivity contribution in [1.82, 2.24) is 0 Å². The largest absolute Gasteiger partial charge is 0.472 e. The summed E-state index contributed by atoms with van der Waals surface area (Å²) < 4.78 is 10.2. The highest BCUT2D eigenvalue weighted by Gasteiger charge is 2.05. The predicted octanol–water partition coefficient (Wildman–Crippen LogP) is 2.10. The van der Waals surface area contributed by atoms with Crippen LogP contribution < -0.4 is 5.73 Å². The normalized spacial score (nSPS) is 13.1. The molecule has 13 heavy (non-hydrogen) atoms. The van der Waals surface area contributed by atoms with E-state index >= 15 is 0 Å². The van der Waals surface area contributed by atoms with Crippen LogP contribution in [-0.4, -0.2) is 13.2 Å². The van der Waals surface area contributed by atoms with Gasteiger partial charge in [0.2, 0.25) is 0 Å². The maximum absolute atomic E-state index is 5.91. The van der Waals surface area contributed by atoms with E-state index in [1.165, 1.54) is 0 Å². The number of rotatable bonds is 6. The Balaban J connectivity index is 2.15. The molecule has 0 spiro atoms. The van der Waals surface area contributed by atoms with Crippen molar-refractivity contribution in [2.75, 3.05) is 13.2 Å². The summed E-state index contributed by atoms with van der Waals surface area (Å²) in [5, 5.41) is 0. The number of furan rings is 1. The lowest BCUT2D eigenvalue weighted by atomic mass is 10.1. The smallest absolute Gasteiger partial charge is 0.0950 e. The minimum Gasteiger partial charge on any atom is -0.472 e. The fourth-order valence-electron chi connectivity index (χ4n) is 1.20. The van der Waals surface area contributed by atoms with Crippen molar-refractivity contribution >= 4 is 0 Å². The molecule has 1 atom stereocenters. The summed E-state index contributed by atoms with van der Waals surface area (Å²) in [6.07, 6.45) is 5.29. The number of ether oxygens (including phenoxy) is 1. The Morgan fingerprint density at radius 1 is 1.62 bits per heavy atom. The van der Waals surface area contributed by atoms with E-state index in [1.54, 1.807) is 12.5 Å². The van der Waals surface area contributed by atoms with Gasteiger partial charge in [0.05, 0.1) is 12.5 Å². The van der Waals surface area contributed by atoms with Crippen molar-refractivity contribution < 1.29 is 9.15 Å². The fourth-order valence-corrected chi connectivity index (χ4v) is 1.20. The Hall–Kier alpha value is -0.800. The maximum Gasteiger partial charge on any atom is 0.0950 e. The van der Waals surface area contributed by atoms with Gasteiger partial charge < -0.3 is 14.9 Å². The first-order chi connectivity index (χ1) is 6.34. The summed E-state index contributed by atoms with van der Waals surface area (Å²) in [4.78, 5) is 0. The molecule has 2 N–H and O–H groups in total. The standard InChI is InChI=1S/C10H17NO2/c1-2-12-6-3-4-10(11)9-5-7-13-8-9/h5,7-8,10H,2-4,6,11H2,1H3. The van der Waals surface area contributed by atoms with Crippen molar-refractivity contribution in [3.05, 3.63) is 24.2 Å². The summed E-state index contributed by atoms with van der Waals surface area (Å²) in [7, 11) is 0. The molecule has 0 aliphatic heterocycles. The van der Waals surface area contributed by atoms with Gasteiger partial charge in [0, 0.05) is 24.8 Å². The highest BCUT2D eigenvalue weighted by atomic mass is 16.5. The average molecular weight is 183 g/mol. The fraction of sp³-hybridized carbons (Fsp3) is 0.600. The van der Waals surface area contributed by atoms with Crippen LogP contribution >= 0.6 is 0 Å². The van der Waals surface area contributed by atoms with E-state index < -0.39 is 0 Å². The SMILES string of the molecule is CCOCCCC(N)c1ccoc1. The Morgan fingerprint density at radius 2 is 2.46 bits per heavy atom. The Kier molecular flexibility index (Phi) is 4.57. The third-order valence-corrected chi connectivity index (χ3v) is 1.98. The molecule has 0 aromatic carbocycles. The zero-order chi connectivity index (χ0) is 9.52. The highest BCUT2D eigenvalue weighted by molar-refractivity contribution is 5.10. The summed E-state index contributed by atoms with van der Waals surface area (Å²) in [5.74, 6) is 0. The van der Waals surface area contributed by atoms with Crippen LogP contribution in [0.3, 0.4) is 0 Å². The molecule has 0 saturated heterocycles. The van der Waals surface area contributed by atoms with Crippen molar-refractivity contribution in [1.29, 1.82) is 0 Å². The average Bonchev–Trinajstić information content (AvgIpc) is 2.65. The second-order valence-corrected chi connectivity index (χ2v) is 3.00. The molecule has 1 rings (SSSR count). The van der Waals surface area contributed by atoms with Gasteiger partial charge in [-0.1, -0.05) is 0 Å². The molecule has 0 bridgehead atoms. The molecule has 3 heteroatoms. The number of hydrogen-bond donors (Lipinski definition) is 1. The lowest BCUT2D eigenvalue weighted by Gasteiger charge is -2.08. The summed E-state index contributed by atoms with van der Waals surface area (Å²) in [6.45, 7) is 3.57. The lowest BCUT2D eigenvalue weighted by molar-refractivity contribution is 0.142. The van der Waals surface area contributed by atoms with E-state index in [1.807, 2.05) is 13.0 Å². The van der Waals surface area contributed by atoms with E-state index in [4.69, 9.17) is 14.9 Å². The zero-order valence-electron chi connectivity index (χ0n) is 8.03. The van der Waals surface area contributed by atoms with Crippen LogP contribution in [0.1, 0.15) is 31.4 Å². The lowest BCUT2D eigenvalue weighted by Crippen LogP contribution is -2.10. The molecule has 0 saturated carbocycles. The molecule has 1 aromatic heterocycles. The second kappa shape index (κ2) is 5.78. The van der Waals surface area contributed by atoms with Crippen LogP contribution in [0.5, 0.6) is 0 Å². The molecular weight excluding hydrogens is 166 g/mol. The van der Waals surface area contributed by atoms with Crippen molar-refractivity contribution in [3.63, 3.8) is 0 Å². The third-order valence-electron chi connectivity index (χ3n) is 1.98. The van der Waals surface area contributed by atoms with E-state index in [0.717, 1.165) is 31.6 Å². The molecule has 1 aromatic rings. The van der Waals surface area contributed by atoms with Crippen LogP contribution in [-0.2, 0) is 4.74 Å². The highest BCUT2D eigenvalue weighted by Crippen LogP contribution is 2.15. The minimum atomic E-state index is 0.0826. The summed E-state index contributed by atoms with van der Waals surface area (Å²) >= 11 is 0. The quantitative estimate of drug-likeness (QED) is 0.687. The summed E-state index contributed by atoms with van der Waals surface area (Å²) in [6, 6.07) is 1.99. The molecule has 0 fully saturated rings. The molecule has 1 unspecified atom stereocenters. The van der Waals surface area contributed by atoms with Crippen LogP contribution in [0, 0.1) is 0 Å². The van der Waals surface area contributed by atoms with Gasteiger partial charge >= 0.3 is 0 Å². The van der Waals surface area contributed by atoms with Crippen LogP contribution in [0.4, 0.5) is 0 Å². The van der Waals surface area contributed by atoms with Gasteiger partial charge in [-0.05, 0) is 25.8 Å². The van der Waals surface area contributed by atoms with Gasteiger partial charge in [-0.3, -0.25) is 0 Å². The minimum absolute atomic E-state index is 0.0826. The van der Waals surface area contributed by atoms with Gasteiger partial charge in [0.15, 0.2) is 0 Å². The van der Waals surface area contributed by atoms with E-state index in [-0.39, 0.29) is 6.04 Å². The molecule has 0 aliphatic carbocycles. The van der Waals surface area contributed by atoms with Gasteiger partial charge in [-0.2, -0.15) is 0 Å². The van der Waals surface area contributed by atoms with E-state index in [9.17, 15) is 0 Å². The third kappa shape index (κ3) is 3.61. The van der Waals surface area contributed by atoms with Crippen LogP contribution in [0.15, 0.2) is 23.0 Å². The van der Waals surface area contributed by atoms with E-state index in [0.29, 0.717) is 0 Å². The topological polar surface area (TPSA) is 48.4 Å². The van der Waals surface area contributed by atoms with Crippen molar-refractivity contribution in [3.8, 4) is 0 Å². The predicted molar refractivity (Wildman–Crippen MR) is 51.4 cm³/mol. The zero-order valence-corrected chi connectivity index (χ0v) is 8.03. The molecule has 74 valence electrons. The first kappa shape index (κ1) is 10.3. The summed E-state index contributed by atoms with van der Waals surface area (Å²) in [5.41, 5.74) is 6.97.